The average Bonchev–Trinajstić information content (AvgIpc) is 3.03. The van der Waals surface area contributed by atoms with E-state index in [0.717, 1.165) is 25.1 Å². The third-order valence-corrected chi connectivity index (χ3v) is 4.08. The van der Waals surface area contributed by atoms with Gasteiger partial charge in [0.05, 0.1) is 4.90 Å². The molecule has 7 heteroatoms. The second kappa shape index (κ2) is 4.20. The van der Waals surface area contributed by atoms with Crippen molar-refractivity contribution in [1.82, 2.24) is 9.71 Å². The lowest BCUT2D eigenvalue weighted by Crippen LogP contribution is -2.26. The summed E-state index contributed by atoms with van der Waals surface area (Å²) in [6.07, 6.45) is 3.27. The van der Waals surface area contributed by atoms with Crippen molar-refractivity contribution in [3.8, 4) is 0 Å². The third kappa shape index (κ3) is 2.63. The summed E-state index contributed by atoms with van der Waals surface area (Å²) in [6, 6.07) is 1.15. The highest BCUT2D eigenvalue weighted by Crippen LogP contribution is 2.28. The predicted octanol–water partition coefficient (Wildman–Crippen LogP) is 0.717. The van der Waals surface area contributed by atoms with E-state index in [2.05, 4.69) is 9.71 Å². The number of aromatic nitrogens is 1. The van der Waals surface area contributed by atoms with Gasteiger partial charge in [-0.05, 0) is 24.8 Å². The molecule has 1 aliphatic carbocycles. The second-order valence-corrected chi connectivity index (χ2v) is 5.98. The molecular formula is C9H11ClN2O3S. The van der Waals surface area contributed by atoms with Crippen LogP contribution in [0.15, 0.2) is 22.0 Å². The van der Waals surface area contributed by atoms with E-state index in [9.17, 15) is 13.2 Å². The Bertz CT molecular complexity index is 548. The summed E-state index contributed by atoms with van der Waals surface area (Å²) < 4.78 is 25.9. The van der Waals surface area contributed by atoms with Gasteiger partial charge in [0.15, 0.2) is 0 Å². The minimum atomic E-state index is -3.56. The summed E-state index contributed by atoms with van der Waals surface area (Å²) in [6.45, 7) is 0.444. The Balaban J connectivity index is 2.20. The van der Waals surface area contributed by atoms with Gasteiger partial charge in [-0.15, -0.1) is 0 Å². The summed E-state index contributed by atoms with van der Waals surface area (Å²) in [5.41, 5.74) is -0.497. The van der Waals surface area contributed by atoms with Crippen molar-refractivity contribution in [1.29, 1.82) is 0 Å². The standard InChI is InChI=1S/C9H11ClN2O3S/c10-8-3-7(5-11-9(8)13)16(14,15)12-4-6-1-2-6/h3,5-6,12H,1-2,4H2,(H,11,13). The Morgan fingerprint density at radius 1 is 1.50 bits per heavy atom. The molecule has 1 aromatic rings. The number of H-pyrrole nitrogens is 1. The molecule has 1 fully saturated rings. The maximum atomic E-state index is 11.7. The zero-order valence-electron chi connectivity index (χ0n) is 8.36. The minimum absolute atomic E-state index is 0.0160. The summed E-state index contributed by atoms with van der Waals surface area (Å²) in [5, 5.41) is -0.130. The van der Waals surface area contributed by atoms with Gasteiger partial charge in [0.2, 0.25) is 10.0 Å². The van der Waals surface area contributed by atoms with Crippen molar-refractivity contribution in [2.45, 2.75) is 17.7 Å². The van der Waals surface area contributed by atoms with E-state index in [-0.39, 0.29) is 9.92 Å². The van der Waals surface area contributed by atoms with Gasteiger partial charge in [-0.2, -0.15) is 0 Å². The summed E-state index contributed by atoms with van der Waals surface area (Å²) >= 11 is 5.56. The molecule has 0 atom stereocenters. The highest BCUT2D eigenvalue weighted by atomic mass is 35.5. The molecule has 2 N–H and O–H groups in total. The van der Waals surface area contributed by atoms with Gasteiger partial charge in [0.25, 0.3) is 5.56 Å². The van der Waals surface area contributed by atoms with E-state index in [4.69, 9.17) is 11.6 Å². The Labute approximate surface area is 97.9 Å². The molecule has 0 aliphatic heterocycles. The fourth-order valence-corrected chi connectivity index (χ4v) is 2.57. The molecule has 0 bridgehead atoms. The summed E-state index contributed by atoms with van der Waals surface area (Å²) in [7, 11) is -3.56. The van der Waals surface area contributed by atoms with E-state index in [0.29, 0.717) is 12.5 Å². The van der Waals surface area contributed by atoms with Crippen LogP contribution in [0.1, 0.15) is 12.8 Å². The van der Waals surface area contributed by atoms with E-state index in [1.165, 1.54) is 0 Å². The number of pyridine rings is 1. The number of hydrogen-bond acceptors (Lipinski definition) is 3. The molecule has 5 nitrogen and oxygen atoms in total. The lowest BCUT2D eigenvalue weighted by atomic mass is 10.4. The third-order valence-electron chi connectivity index (χ3n) is 2.40. The zero-order valence-corrected chi connectivity index (χ0v) is 9.94. The molecule has 0 aromatic carbocycles. The molecule has 0 saturated heterocycles. The molecular weight excluding hydrogens is 252 g/mol. The number of halogens is 1. The number of rotatable bonds is 4. The van der Waals surface area contributed by atoms with Crippen molar-refractivity contribution < 1.29 is 8.42 Å². The predicted molar refractivity (Wildman–Crippen MR) is 60.0 cm³/mol. The maximum absolute atomic E-state index is 11.7. The molecule has 0 radical (unpaired) electrons. The highest BCUT2D eigenvalue weighted by molar-refractivity contribution is 7.89. The van der Waals surface area contributed by atoms with Gasteiger partial charge in [0.1, 0.15) is 5.02 Å². The molecule has 88 valence electrons. The molecule has 0 unspecified atom stereocenters. The van der Waals surface area contributed by atoms with Crippen LogP contribution in [0.5, 0.6) is 0 Å². The second-order valence-electron chi connectivity index (χ2n) is 3.81. The van der Waals surface area contributed by atoms with E-state index < -0.39 is 15.6 Å². The highest BCUT2D eigenvalue weighted by Gasteiger charge is 2.24. The SMILES string of the molecule is O=c1[nH]cc(S(=O)(=O)NCC2CC2)cc1Cl. The van der Waals surface area contributed by atoms with Crippen LogP contribution in [0.3, 0.4) is 0 Å². The van der Waals surface area contributed by atoms with Gasteiger partial charge in [-0.25, -0.2) is 13.1 Å². The molecule has 16 heavy (non-hydrogen) atoms. The molecule has 2 rings (SSSR count). The quantitative estimate of drug-likeness (QED) is 0.839. The average molecular weight is 263 g/mol. The van der Waals surface area contributed by atoms with Crippen LogP contribution < -0.4 is 10.3 Å². The van der Waals surface area contributed by atoms with Crippen molar-refractivity contribution in [3.63, 3.8) is 0 Å². The molecule has 0 amide bonds. The number of hydrogen-bond donors (Lipinski definition) is 2. The first-order valence-corrected chi connectivity index (χ1v) is 6.73. The minimum Gasteiger partial charge on any atom is -0.326 e. The van der Waals surface area contributed by atoms with E-state index >= 15 is 0 Å². The molecule has 0 spiro atoms. The Hall–Kier alpha value is -0.850. The molecule has 1 heterocycles. The smallest absolute Gasteiger partial charge is 0.266 e. The van der Waals surface area contributed by atoms with E-state index in [1.54, 1.807) is 0 Å². The van der Waals surface area contributed by atoms with Crippen LogP contribution in [0.4, 0.5) is 0 Å². The number of aromatic amines is 1. The first kappa shape index (κ1) is 11.6. The van der Waals surface area contributed by atoms with Gasteiger partial charge >= 0.3 is 0 Å². The van der Waals surface area contributed by atoms with Crippen molar-refractivity contribution in [3.05, 3.63) is 27.6 Å². The van der Waals surface area contributed by atoms with Crippen LogP contribution >= 0.6 is 11.6 Å². The van der Waals surface area contributed by atoms with Crippen LogP contribution in [0.25, 0.3) is 0 Å². The summed E-state index contributed by atoms with van der Waals surface area (Å²) in [5.74, 6) is 0.452. The van der Waals surface area contributed by atoms with Gasteiger partial charge in [0, 0.05) is 12.7 Å². The van der Waals surface area contributed by atoms with Crippen molar-refractivity contribution >= 4 is 21.6 Å². The van der Waals surface area contributed by atoms with Crippen molar-refractivity contribution in [2.75, 3.05) is 6.54 Å². The maximum Gasteiger partial charge on any atom is 0.266 e. The van der Waals surface area contributed by atoms with Crippen LogP contribution in [-0.2, 0) is 10.0 Å². The Kier molecular flexibility index (Phi) is 3.05. The lowest BCUT2D eigenvalue weighted by Gasteiger charge is -2.05. The molecule has 1 aromatic heterocycles. The zero-order chi connectivity index (χ0) is 11.8. The first-order valence-electron chi connectivity index (χ1n) is 4.87. The first-order chi connectivity index (χ1) is 7.49. The topological polar surface area (TPSA) is 79.0 Å². The largest absolute Gasteiger partial charge is 0.326 e. The van der Waals surface area contributed by atoms with Crippen molar-refractivity contribution in [2.24, 2.45) is 5.92 Å². The van der Waals surface area contributed by atoms with Gasteiger partial charge in [-0.3, -0.25) is 4.79 Å². The van der Waals surface area contributed by atoms with Crippen LogP contribution in [0, 0.1) is 5.92 Å². The Morgan fingerprint density at radius 3 is 2.75 bits per heavy atom. The van der Waals surface area contributed by atoms with Crippen LogP contribution in [0.2, 0.25) is 5.02 Å². The number of nitrogens with one attached hydrogen (secondary N) is 2. The van der Waals surface area contributed by atoms with Gasteiger partial charge in [-0.1, -0.05) is 11.6 Å². The lowest BCUT2D eigenvalue weighted by molar-refractivity contribution is 0.577. The Morgan fingerprint density at radius 2 is 2.19 bits per heavy atom. The summed E-state index contributed by atoms with van der Waals surface area (Å²) in [4.78, 5) is 13.2. The molecule has 1 saturated carbocycles. The monoisotopic (exact) mass is 262 g/mol. The number of sulfonamides is 1. The molecule has 1 aliphatic rings. The fraction of sp³-hybridized carbons (Fsp3) is 0.444. The fourth-order valence-electron chi connectivity index (χ4n) is 1.23. The van der Waals surface area contributed by atoms with Crippen LogP contribution in [-0.4, -0.2) is 19.9 Å². The van der Waals surface area contributed by atoms with Gasteiger partial charge < -0.3 is 4.98 Å². The van der Waals surface area contributed by atoms with E-state index in [1.807, 2.05) is 0 Å². The normalized spacial score (nSPS) is 16.3.